The predicted octanol–water partition coefficient (Wildman–Crippen LogP) is 3.67. The van der Waals surface area contributed by atoms with Crippen molar-refractivity contribution in [3.8, 4) is 11.1 Å². The second kappa shape index (κ2) is 3.66. The number of hydrogen-bond acceptors (Lipinski definition) is 2. The topological polar surface area (TPSA) is 26.0 Å². The second-order valence-electron chi connectivity index (χ2n) is 3.38. The van der Waals surface area contributed by atoms with Crippen molar-refractivity contribution in [2.24, 2.45) is 0 Å². The molecule has 0 aliphatic heterocycles. The highest BCUT2D eigenvalue weighted by Crippen LogP contribution is 2.36. The molecule has 0 aliphatic carbocycles. The standard InChI is InChI=1S/C11H8F3NO/c1-7-4-10(11(12,13)14)9(5-15-7)8-2-3-16-6-8/h2-6H,1H3. The van der Waals surface area contributed by atoms with Crippen molar-refractivity contribution < 1.29 is 17.6 Å². The Morgan fingerprint density at radius 2 is 2.06 bits per heavy atom. The van der Waals surface area contributed by atoms with E-state index >= 15 is 0 Å². The highest BCUT2D eigenvalue weighted by molar-refractivity contribution is 5.66. The van der Waals surface area contributed by atoms with E-state index in [0.717, 1.165) is 6.07 Å². The van der Waals surface area contributed by atoms with Gasteiger partial charge in [0.25, 0.3) is 0 Å². The van der Waals surface area contributed by atoms with E-state index < -0.39 is 11.7 Å². The van der Waals surface area contributed by atoms with Crippen LogP contribution in [0.2, 0.25) is 0 Å². The fourth-order valence-corrected chi connectivity index (χ4v) is 1.44. The molecule has 0 bridgehead atoms. The van der Waals surface area contributed by atoms with E-state index in [-0.39, 0.29) is 5.56 Å². The van der Waals surface area contributed by atoms with Crippen LogP contribution < -0.4 is 0 Å². The van der Waals surface area contributed by atoms with Gasteiger partial charge in [0.05, 0.1) is 18.1 Å². The molecule has 16 heavy (non-hydrogen) atoms. The van der Waals surface area contributed by atoms with Crippen molar-refractivity contribution >= 4 is 0 Å². The van der Waals surface area contributed by atoms with Gasteiger partial charge in [-0.05, 0) is 19.1 Å². The Hall–Kier alpha value is -1.78. The lowest BCUT2D eigenvalue weighted by Gasteiger charge is -2.11. The minimum Gasteiger partial charge on any atom is -0.472 e. The van der Waals surface area contributed by atoms with Gasteiger partial charge in [0.15, 0.2) is 0 Å². The summed E-state index contributed by atoms with van der Waals surface area (Å²) in [4.78, 5) is 3.87. The van der Waals surface area contributed by atoms with Crippen LogP contribution in [-0.2, 0) is 6.18 Å². The first kappa shape index (κ1) is 10.7. The zero-order valence-corrected chi connectivity index (χ0v) is 8.38. The second-order valence-corrected chi connectivity index (χ2v) is 3.38. The number of aryl methyl sites for hydroxylation is 1. The molecular weight excluding hydrogens is 219 g/mol. The molecule has 0 radical (unpaired) electrons. The molecule has 0 saturated heterocycles. The molecule has 0 aromatic carbocycles. The summed E-state index contributed by atoms with van der Waals surface area (Å²) in [6, 6.07) is 2.50. The summed E-state index contributed by atoms with van der Waals surface area (Å²) < 4.78 is 43.1. The highest BCUT2D eigenvalue weighted by atomic mass is 19.4. The first-order valence-electron chi connectivity index (χ1n) is 4.55. The summed E-state index contributed by atoms with van der Waals surface area (Å²) in [5.41, 5.74) is 0.0487. The van der Waals surface area contributed by atoms with Crippen LogP contribution in [0.3, 0.4) is 0 Å². The minimum atomic E-state index is -4.39. The van der Waals surface area contributed by atoms with Crippen LogP contribution in [-0.4, -0.2) is 4.98 Å². The summed E-state index contributed by atoms with van der Waals surface area (Å²) >= 11 is 0. The number of halogens is 3. The molecule has 0 fully saturated rings. The summed E-state index contributed by atoms with van der Waals surface area (Å²) in [6.07, 6.45) is -0.583. The fraction of sp³-hybridized carbons (Fsp3) is 0.182. The van der Waals surface area contributed by atoms with Crippen molar-refractivity contribution in [2.75, 3.05) is 0 Å². The van der Waals surface area contributed by atoms with E-state index in [9.17, 15) is 13.2 Å². The monoisotopic (exact) mass is 227 g/mol. The average molecular weight is 227 g/mol. The Morgan fingerprint density at radius 1 is 1.31 bits per heavy atom. The smallest absolute Gasteiger partial charge is 0.417 e. The summed E-state index contributed by atoms with van der Waals surface area (Å²) in [5, 5.41) is 0. The Morgan fingerprint density at radius 3 is 2.62 bits per heavy atom. The lowest BCUT2D eigenvalue weighted by molar-refractivity contribution is -0.137. The zero-order chi connectivity index (χ0) is 11.8. The molecular formula is C11H8F3NO. The van der Waals surface area contributed by atoms with Crippen LogP contribution in [0.15, 0.2) is 35.3 Å². The number of hydrogen-bond donors (Lipinski definition) is 0. The van der Waals surface area contributed by atoms with Gasteiger partial charge in [0, 0.05) is 23.0 Å². The Balaban J connectivity index is 2.62. The molecule has 0 atom stereocenters. The maximum absolute atomic E-state index is 12.8. The third-order valence-electron chi connectivity index (χ3n) is 2.18. The van der Waals surface area contributed by atoms with E-state index in [4.69, 9.17) is 4.42 Å². The van der Waals surface area contributed by atoms with Crippen molar-refractivity contribution in [1.82, 2.24) is 4.98 Å². The molecule has 2 nitrogen and oxygen atoms in total. The van der Waals surface area contributed by atoms with Crippen LogP contribution in [0.25, 0.3) is 11.1 Å². The predicted molar refractivity (Wildman–Crippen MR) is 51.7 cm³/mol. The molecule has 0 amide bonds. The first-order chi connectivity index (χ1) is 7.48. The van der Waals surface area contributed by atoms with E-state index in [1.807, 2.05) is 0 Å². The van der Waals surface area contributed by atoms with Gasteiger partial charge in [-0.15, -0.1) is 0 Å². The fourth-order valence-electron chi connectivity index (χ4n) is 1.44. The number of pyridine rings is 1. The van der Waals surface area contributed by atoms with Gasteiger partial charge >= 0.3 is 6.18 Å². The minimum absolute atomic E-state index is 0.0341. The number of furan rings is 1. The van der Waals surface area contributed by atoms with E-state index in [1.54, 1.807) is 0 Å². The highest BCUT2D eigenvalue weighted by Gasteiger charge is 2.34. The third kappa shape index (κ3) is 1.93. The number of rotatable bonds is 1. The summed E-state index contributed by atoms with van der Waals surface area (Å²) in [6.45, 7) is 1.52. The molecule has 0 aliphatic rings. The third-order valence-corrected chi connectivity index (χ3v) is 2.18. The average Bonchev–Trinajstić information content (AvgIpc) is 2.69. The Kier molecular flexibility index (Phi) is 2.46. The maximum atomic E-state index is 12.8. The number of aromatic nitrogens is 1. The molecule has 84 valence electrons. The SMILES string of the molecule is Cc1cc(C(F)(F)F)c(-c2ccoc2)cn1. The van der Waals surface area contributed by atoms with Crippen molar-refractivity contribution in [2.45, 2.75) is 13.1 Å². The van der Waals surface area contributed by atoms with Crippen molar-refractivity contribution in [3.05, 3.63) is 42.1 Å². The van der Waals surface area contributed by atoms with Gasteiger partial charge in [-0.1, -0.05) is 0 Å². The van der Waals surface area contributed by atoms with Gasteiger partial charge in [-0.3, -0.25) is 4.98 Å². The molecule has 2 aromatic rings. The molecule has 5 heteroatoms. The van der Waals surface area contributed by atoms with Crippen LogP contribution in [0, 0.1) is 6.92 Å². The molecule has 0 spiro atoms. The van der Waals surface area contributed by atoms with Gasteiger partial charge in [0.2, 0.25) is 0 Å². The molecule has 2 heterocycles. The van der Waals surface area contributed by atoms with E-state index in [2.05, 4.69) is 4.98 Å². The molecule has 0 unspecified atom stereocenters. The Bertz CT molecular complexity index is 488. The van der Waals surface area contributed by atoms with Crippen LogP contribution in [0.5, 0.6) is 0 Å². The number of nitrogens with zero attached hydrogens (tertiary/aromatic N) is 1. The van der Waals surface area contributed by atoms with Crippen LogP contribution >= 0.6 is 0 Å². The first-order valence-corrected chi connectivity index (χ1v) is 4.55. The van der Waals surface area contributed by atoms with Gasteiger partial charge < -0.3 is 4.42 Å². The Labute approximate surface area is 89.7 Å². The molecule has 0 N–H and O–H groups in total. The van der Waals surface area contributed by atoms with E-state index in [1.165, 1.54) is 31.7 Å². The van der Waals surface area contributed by atoms with E-state index in [0.29, 0.717) is 11.3 Å². The summed E-state index contributed by atoms with van der Waals surface area (Å²) in [5.74, 6) is 0. The largest absolute Gasteiger partial charge is 0.472 e. The van der Waals surface area contributed by atoms with Gasteiger partial charge in [-0.25, -0.2) is 0 Å². The summed E-state index contributed by atoms with van der Waals surface area (Å²) in [7, 11) is 0. The number of alkyl halides is 3. The lowest BCUT2D eigenvalue weighted by atomic mass is 10.0. The van der Waals surface area contributed by atoms with Gasteiger partial charge in [-0.2, -0.15) is 13.2 Å². The van der Waals surface area contributed by atoms with Crippen LogP contribution in [0.1, 0.15) is 11.3 Å². The van der Waals surface area contributed by atoms with Crippen molar-refractivity contribution in [1.29, 1.82) is 0 Å². The molecule has 0 saturated carbocycles. The lowest BCUT2D eigenvalue weighted by Crippen LogP contribution is -2.08. The molecule has 2 rings (SSSR count). The normalized spacial score (nSPS) is 11.8. The maximum Gasteiger partial charge on any atom is 0.417 e. The zero-order valence-electron chi connectivity index (χ0n) is 8.38. The van der Waals surface area contributed by atoms with Gasteiger partial charge in [0.1, 0.15) is 0 Å². The quantitative estimate of drug-likeness (QED) is 0.742. The van der Waals surface area contributed by atoms with Crippen LogP contribution in [0.4, 0.5) is 13.2 Å². The molecule has 2 aromatic heterocycles. The van der Waals surface area contributed by atoms with Crippen molar-refractivity contribution in [3.63, 3.8) is 0 Å².